The Labute approximate surface area is 128 Å². The van der Waals surface area contributed by atoms with Gasteiger partial charge in [-0.15, -0.1) is 0 Å². The Morgan fingerprint density at radius 3 is 2.86 bits per heavy atom. The molecule has 0 amide bonds. The molecule has 0 aliphatic rings. The van der Waals surface area contributed by atoms with Gasteiger partial charge in [0.05, 0.1) is 4.92 Å². The maximum absolute atomic E-state index is 11.3. The topological polar surface area (TPSA) is 106 Å². The van der Waals surface area contributed by atoms with E-state index < -0.39 is 16.6 Å². The van der Waals surface area contributed by atoms with Crippen molar-refractivity contribution in [1.82, 2.24) is 9.36 Å². The van der Waals surface area contributed by atoms with Crippen molar-refractivity contribution in [3.63, 3.8) is 0 Å². The van der Waals surface area contributed by atoms with Gasteiger partial charge in [0.25, 0.3) is 5.69 Å². The van der Waals surface area contributed by atoms with Crippen LogP contribution in [0.5, 0.6) is 0 Å². The lowest BCUT2D eigenvalue weighted by molar-refractivity contribution is -0.385. The van der Waals surface area contributed by atoms with E-state index in [1.165, 1.54) is 35.4 Å². The van der Waals surface area contributed by atoms with Crippen molar-refractivity contribution in [2.45, 2.75) is 23.4 Å². The normalized spacial score (nSPS) is 10.5. The number of thioether (sulfide) groups is 1. The second kappa shape index (κ2) is 6.64. The number of carbonyl (C=O) groups is 1. The van der Waals surface area contributed by atoms with Crippen LogP contribution in [0, 0.1) is 10.1 Å². The van der Waals surface area contributed by atoms with Gasteiger partial charge in [0, 0.05) is 18.2 Å². The van der Waals surface area contributed by atoms with Crippen LogP contribution < -0.4 is 0 Å². The molecule has 0 aliphatic heterocycles. The molecule has 0 saturated carbocycles. The lowest BCUT2D eigenvalue weighted by atomic mass is 10.1. The summed E-state index contributed by atoms with van der Waals surface area (Å²) >= 11 is 2.56. The molecule has 1 heterocycles. The third kappa shape index (κ3) is 3.56. The van der Waals surface area contributed by atoms with Gasteiger partial charge in [0.1, 0.15) is 11.4 Å². The van der Waals surface area contributed by atoms with Crippen LogP contribution in [0.2, 0.25) is 0 Å². The molecule has 7 nitrogen and oxygen atoms in total. The molecule has 0 radical (unpaired) electrons. The fourth-order valence-electron chi connectivity index (χ4n) is 1.69. The van der Waals surface area contributed by atoms with E-state index in [0.717, 1.165) is 16.6 Å². The van der Waals surface area contributed by atoms with Crippen molar-refractivity contribution in [2.75, 3.05) is 0 Å². The van der Waals surface area contributed by atoms with E-state index in [-0.39, 0.29) is 5.56 Å². The number of benzene rings is 1. The Bertz CT molecular complexity index is 687. The Hall–Kier alpha value is -2.00. The second-order valence-corrected chi connectivity index (χ2v) is 5.97. The lowest BCUT2D eigenvalue weighted by Gasteiger charge is -2.05. The number of hydrogen-bond donors (Lipinski definition) is 1. The minimum absolute atomic E-state index is 0.268. The number of aromatic carboxylic acids is 1. The van der Waals surface area contributed by atoms with Crippen molar-refractivity contribution in [3.05, 3.63) is 45.3 Å². The molecular formula is C12H11N3O4S2. The first-order chi connectivity index (χ1) is 10.0. The highest BCUT2D eigenvalue weighted by Gasteiger charge is 2.23. The molecule has 21 heavy (non-hydrogen) atoms. The zero-order chi connectivity index (χ0) is 15.4. The first-order valence-electron chi connectivity index (χ1n) is 5.98. The number of carboxylic acids is 1. The van der Waals surface area contributed by atoms with Gasteiger partial charge in [-0.1, -0.05) is 30.8 Å². The number of carboxylic acid groups (broad SMARTS) is 1. The Morgan fingerprint density at radius 1 is 1.52 bits per heavy atom. The number of nitro groups is 1. The predicted molar refractivity (Wildman–Crippen MR) is 78.9 cm³/mol. The molecule has 1 N–H and O–H groups in total. The molecule has 1 aromatic carbocycles. The number of hydrogen-bond acceptors (Lipinski definition) is 7. The molecular weight excluding hydrogens is 314 g/mol. The summed E-state index contributed by atoms with van der Waals surface area (Å²) < 4.78 is 4.85. The zero-order valence-corrected chi connectivity index (χ0v) is 12.6. The maximum atomic E-state index is 11.3. The largest absolute Gasteiger partial charge is 0.477 e. The number of nitrogens with zero attached hydrogens (tertiary/aromatic N) is 3. The van der Waals surface area contributed by atoms with Crippen LogP contribution >= 0.6 is 23.3 Å². The standard InChI is InChI=1S/C12H11N3O4S2/c1-2-9-13-12(21-14-9)20-6-7-4-3-5-8(15(18)19)10(7)11(16)17/h3-5H,2,6H2,1H3,(H,16,17). The van der Waals surface area contributed by atoms with Gasteiger partial charge in [-0.3, -0.25) is 10.1 Å². The van der Waals surface area contributed by atoms with E-state index >= 15 is 0 Å². The van der Waals surface area contributed by atoms with Gasteiger partial charge < -0.3 is 5.11 Å². The summed E-state index contributed by atoms with van der Waals surface area (Å²) in [5.41, 5.74) is -0.266. The van der Waals surface area contributed by atoms with Crippen molar-refractivity contribution in [3.8, 4) is 0 Å². The number of aryl methyl sites for hydroxylation is 1. The third-order valence-electron chi connectivity index (χ3n) is 2.66. The van der Waals surface area contributed by atoms with Crippen molar-refractivity contribution < 1.29 is 14.8 Å². The average molecular weight is 325 g/mol. The minimum Gasteiger partial charge on any atom is -0.477 e. The molecule has 0 aliphatic carbocycles. The van der Waals surface area contributed by atoms with E-state index in [0.29, 0.717) is 11.3 Å². The average Bonchev–Trinajstić information content (AvgIpc) is 2.92. The molecule has 0 unspecified atom stereocenters. The van der Waals surface area contributed by atoms with Crippen LogP contribution in [-0.4, -0.2) is 25.4 Å². The van der Waals surface area contributed by atoms with E-state index in [9.17, 15) is 20.0 Å². The first kappa shape index (κ1) is 15.4. The molecule has 0 spiro atoms. The summed E-state index contributed by atoms with van der Waals surface area (Å²) in [6.07, 6.45) is 0.730. The smallest absolute Gasteiger partial charge is 0.343 e. The molecule has 2 rings (SSSR count). The van der Waals surface area contributed by atoms with Gasteiger partial charge >= 0.3 is 5.97 Å². The van der Waals surface area contributed by atoms with E-state index in [1.807, 2.05) is 6.92 Å². The minimum atomic E-state index is -1.30. The van der Waals surface area contributed by atoms with Crippen LogP contribution in [0.4, 0.5) is 5.69 Å². The van der Waals surface area contributed by atoms with Crippen LogP contribution in [0.3, 0.4) is 0 Å². The highest BCUT2D eigenvalue weighted by atomic mass is 32.2. The molecule has 0 fully saturated rings. The van der Waals surface area contributed by atoms with E-state index in [1.54, 1.807) is 6.07 Å². The monoisotopic (exact) mass is 325 g/mol. The Balaban J connectivity index is 2.25. The van der Waals surface area contributed by atoms with Crippen molar-refractivity contribution >= 4 is 35.0 Å². The number of aromatic nitrogens is 2. The highest BCUT2D eigenvalue weighted by molar-refractivity contribution is 8.00. The Morgan fingerprint density at radius 2 is 2.29 bits per heavy atom. The van der Waals surface area contributed by atoms with Crippen LogP contribution in [-0.2, 0) is 12.2 Å². The SMILES string of the molecule is CCc1nsc(SCc2cccc([N+](=O)[O-])c2C(=O)O)n1. The fraction of sp³-hybridized carbons (Fsp3) is 0.250. The van der Waals surface area contributed by atoms with Gasteiger partial charge in [-0.05, 0) is 17.1 Å². The van der Waals surface area contributed by atoms with Gasteiger partial charge in [0.15, 0.2) is 4.34 Å². The van der Waals surface area contributed by atoms with Gasteiger partial charge in [0.2, 0.25) is 0 Å². The van der Waals surface area contributed by atoms with E-state index in [2.05, 4.69) is 9.36 Å². The summed E-state index contributed by atoms with van der Waals surface area (Å²) in [6, 6.07) is 4.25. The number of rotatable bonds is 6. The van der Waals surface area contributed by atoms with Crippen LogP contribution in [0.15, 0.2) is 22.5 Å². The molecule has 0 atom stereocenters. The summed E-state index contributed by atoms with van der Waals surface area (Å²) in [6.45, 7) is 1.94. The van der Waals surface area contributed by atoms with Crippen LogP contribution in [0.25, 0.3) is 0 Å². The number of nitro benzene ring substituents is 1. The second-order valence-electron chi connectivity index (χ2n) is 3.99. The summed E-state index contributed by atoms with van der Waals surface area (Å²) in [5.74, 6) is -0.272. The third-order valence-corrected chi connectivity index (χ3v) is 4.58. The summed E-state index contributed by atoms with van der Waals surface area (Å²) in [4.78, 5) is 25.8. The van der Waals surface area contributed by atoms with Crippen molar-refractivity contribution in [2.24, 2.45) is 0 Å². The van der Waals surface area contributed by atoms with Gasteiger partial charge in [-0.25, -0.2) is 9.78 Å². The molecule has 1 aromatic heterocycles. The first-order valence-corrected chi connectivity index (χ1v) is 7.73. The summed E-state index contributed by atoms with van der Waals surface area (Å²) in [5, 5.41) is 20.1. The predicted octanol–water partition coefficient (Wildman–Crippen LogP) is 3.00. The zero-order valence-electron chi connectivity index (χ0n) is 11.0. The lowest BCUT2D eigenvalue weighted by Crippen LogP contribution is -2.06. The van der Waals surface area contributed by atoms with E-state index in [4.69, 9.17) is 0 Å². The molecule has 9 heteroatoms. The van der Waals surface area contributed by atoms with Crippen molar-refractivity contribution in [1.29, 1.82) is 0 Å². The maximum Gasteiger partial charge on any atom is 0.343 e. The molecule has 0 saturated heterocycles. The van der Waals surface area contributed by atoms with Gasteiger partial charge in [-0.2, -0.15) is 4.37 Å². The molecule has 2 aromatic rings. The summed E-state index contributed by atoms with van der Waals surface area (Å²) in [7, 11) is 0. The quantitative estimate of drug-likeness (QED) is 0.494. The fourth-order valence-corrected chi connectivity index (χ4v) is 3.37. The van der Waals surface area contributed by atoms with Crippen LogP contribution in [0.1, 0.15) is 28.7 Å². The molecule has 0 bridgehead atoms. The highest BCUT2D eigenvalue weighted by Crippen LogP contribution is 2.29. The Kier molecular flexibility index (Phi) is 4.86. The molecule has 110 valence electrons.